The van der Waals surface area contributed by atoms with Crippen LogP contribution in [-0.4, -0.2) is 47.2 Å². The number of aromatic nitrogens is 3. The Bertz CT molecular complexity index is 1720. The van der Waals surface area contributed by atoms with Gasteiger partial charge in [-0.25, -0.2) is 22.9 Å². The van der Waals surface area contributed by atoms with Crippen LogP contribution in [0.5, 0.6) is 0 Å². The number of thiazole rings is 1. The lowest BCUT2D eigenvalue weighted by Gasteiger charge is -2.23. The van der Waals surface area contributed by atoms with Gasteiger partial charge in [0.1, 0.15) is 5.01 Å². The number of benzene rings is 2. The number of ether oxygens (including phenoxy) is 2. The van der Waals surface area contributed by atoms with Crippen molar-refractivity contribution in [1.82, 2.24) is 14.8 Å². The molecule has 0 bridgehead atoms. The second-order valence-electron chi connectivity index (χ2n) is 11.2. The average Bonchev–Trinajstić information content (AvgIpc) is 3.64. The summed E-state index contributed by atoms with van der Waals surface area (Å²) in [4.78, 5) is 17.6. The van der Waals surface area contributed by atoms with E-state index >= 15 is 0 Å². The number of anilines is 3. The first kappa shape index (κ1) is 29.3. The Kier molecular flexibility index (Phi) is 8.25. The predicted octanol–water partition coefficient (Wildman–Crippen LogP) is 7.32. The highest BCUT2D eigenvalue weighted by Gasteiger charge is 2.38. The van der Waals surface area contributed by atoms with Crippen LogP contribution in [0.2, 0.25) is 0 Å². The molecule has 3 heterocycles. The lowest BCUT2D eigenvalue weighted by atomic mass is 10.2. The fraction of sp³-hybridized carbons (Fsp3) is 0.387. The van der Waals surface area contributed by atoms with Crippen LogP contribution in [0.1, 0.15) is 57.9 Å². The molecule has 1 saturated heterocycles. The lowest BCUT2D eigenvalue weighted by Crippen LogP contribution is -2.20. The van der Waals surface area contributed by atoms with Crippen molar-refractivity contribution < 1.29 is 22.7 Å². The number of aryl methyl sites for hydroxylation is 1. The molecule has 1 atom stereocenters. The van der Waals surface area contributed by atoms with E-state index in [1.807, 2.05) is 41.9 Å². The molecule has 43 heavy (non-hydrogen) atoms. The standard InChI is InChI=1S/C31H35N5O5S2/c1-19(2)41-31(37)34-22-9-7-21(8-10-22)30-32-18-26(42-30)25-14-11-23(17-27(25)43(38,39)24-12-13-24)33-28-16-20(3)36(35-28)29-6-4-5-15-40-29/h7-11,14,16-19,24,29H,4-6,12-13,15H2,1-3H3,(H,33,35)(H,34,37). The van der Waals surface area contributed by atoms with Gasteiger partial charge in [0.2, 0.25) is 0 Å². The molecule has 4 aromatic rings. The van der Waals surface area contributed by atoms with Gasteiger partial charge in [-0.05, 0) is 89.3 Å². The zero-order chi connectivity index (χ0) is 30.1. The molecule has 1 saturated carbocycles. The van der Waals surface area contributed by atoms with E-state index in [0.717, 1.165) is 47.0 Å². The van der Waals surface area contributed by atoms with Gasteiger partial charge in [0.25, 0.3) is 0 Å². The number of hydrogen-bond donors (Lipinski definition) is 2. The van der Waals surface area contributed by atoms with E-state index in [4.69, 9.17) is 14.6 Å². The van der Waals surface area contributed by atoms with Crippen LogP contribution in [0.25, 0.3) is 21.0 Å². The molecule has 226 valence electrons. The number of nitrogens with one attached hydrogen (secondary N) is 2. The molecule has 2 aliphatic rings. The summed E-state index contributed by atoms with van der Waals surface area (Å²) >= 11 is 1.42. The van der Waals surface area contributed by atoms with Crippen LogP contribution in [0.15, 0.2) is 59.6 Å². The van der Waals surface area contributed by atoms with Crippen LogP contribution in [-0.2, 0) is 19.3 Å². The fourth-order valence-electron chi connectivity index (χ4n) is 5.09. The molecular weight excluding hydrogens is 587 g/mol. The molecule has 2 fully saturated rings. The largest absolute Gasteiger partial charge is 0.447 e. The third-order valence-corrected chi connectivity index (χ3v) is 10.7. The highest BCUT2D eigenvalue weighted by atomic mass is 32.2. The summed E-state index contributed by atoms with van der Waals surface area (Å²) < 4.78 is 40.1. The third kappa shape index (κ3) is 6.61. The molecule has 1 aliphatic heterocycles. The van der Waals surface area contributed by atoms with Crippen molar-refractivity contribution in [3.05, 3.63) is 60.4 Å². The van der Waals surface area contributed by atoms with Gasteiger partial charge in [0.15, 0.2) is 21.9 Å². The maximum absolute atomic E-state index is 13.6. The van der Waals surface area contributed by atoms with E-state index in [9.17, 15) is 13.2 Å². The maximum atomic E-state index is 13.6. The smallest absolute Gasteiger partial charge is 0.411 e. The minimum atomic E-state index is -3.52. The van der Waals surface area contributed by atoms with Crippen LogP contribution in [0.4, 0.5) is 22.0 Å². The fourth-order valence-corrected chi connectivity index (χ4v) is 8.01. The van der Waals surface area contributed by atoms with Gasteiger partial charge >= 0.3 is 6.09 Å². The first-order valence-corrected chi connectivity index (χ1v) is 16.9. The van der Waals surface area contributed by atoms with Crippen LogP contribution < -0.4 is 10.6 Å². The third-order valence-electron chi connectivity index (χ3n) is 7.37. The van der Waals surface area contributed by atoms with Crippen molar-refractivity contribution in [2.45, 2.75) is 75.4 Å². The molecule has 1 unspecified atom stereocenters. The van der Waals surface area contributed by atoms with Crippen molar-refractivity contribution in [2.75, 3.05) is 17.2 Å². The summed E-state index contributed by atoms with van der Waals surface area (Å²) in [5, 5.41) is 11.1. The van der Waals surface area contributed by atoms with Gasteiger partial charge in [-0.15, -0.1) is 11.3 Å². The summed E-state index contributed by atoms with van der Waals surface area (Å²) in [6.07, 6.45) is 5.35. The Morgan fingerprint density at radius 1 is 1.07 bits per heavy atom. The Labute approximate surface area is 255 Å². The summed E-state index contributed by atoms with van der Waals surface area (Å²) in [6, 6.07) is 14.7. The number of hydrogen-bond acceptors (Lipinski definition) is 9. The SMILES string of the molecule is Cc1cc(Nc2ccc(-c3cnc(-c4ccc(NC(=O)OC(C)C)cc4)s3)c(S(=O)(=O)C3CC3)c2)nn1C1CCCCO1. The molecule has 1 amide bonds. The molecule has 0 spiro atoms. The van der Waals surface area contributed by atoms with Crippen molar-refractivity contribution in [3.8, 4) is 21.0 Å². The minimum Gasteiger partial charge on any atom is -0.447 e. The Hall–Kier alpha value is -3.74. The summed E-state index contributed by atoms with van der Waals surface area (Å²) in [5.74, 6) is 0.643. The molecule has 2 aromatic heterocycles. The van der Waals surface area contributed by atoms with Crippen LogP contribution in [0.3, 0.4) is 0 Å². The Balaban J connectivity index is 1.25. The van der Waals surface area contributed by atoms with Crippen LogP contribution >= 0.6 is 11.3 Å². The molecular formula is C31H35N5O5S2. The molecule has 12 heteroatoms. The number of amides is 1. The second kappa shape index (κ2) is 12.1. The van der Waals surface area contributed by atoms with E-state index in [0.29, 0.717) is 40.5 Å². The molecule has 2 N–H and O–H groups in total. The highest BCUT2D eigenvalue weighted by molar-refractivity contribution is 7.92. The lowest BCUT2D eigenvalue weighted by molar-refractivity contribution is -0.0404. The second-order valence-corrected chi connectivity index (χ2v) is 14.4. The molecule has 1 aliphatic carbocycles. The normalized spacial score (nSPS) is 17.2. The average molecular weight is 622 g/mol. The zero-order valence-corrected chi connectivity index (χ0v) is 26.0. The van der Waals surface area contributed by atoms with E-state index < -0.39 is 15.9 Å². The van der Waals surface area contributed by atoms with Gasteiger partial charge in [0, 0.05) is 47.1 Å². The first-order chi connectivity index (χ1) is 20.7. The van der Waals surface area contributed by atoms with Gasteiger partial charge in [0.05, 0.1) is 21.1 Å². The molecule has 6 rings (SSSR count). The zero-order valence-electron chi connectivity index (χ0n) is 24.4. The number of carbonyl (C=O) groups excluding carboxylic acids is 1. The minimum absolute atomic E-state index is 0.0770. The Morgan fingerprint density at radius 3 is 2.53 bits per heavy atom. The van der Waals surface area contributed by atoms with Gasteiger partial charge in [-0.2, -0.15) is 5.10 Å². The number of sulfone groups is 1. The van der Waals surface area contributed by atoms with E-state index in [2.05, 4.69) is 15.6 Å². The van der Waals surface area contributed by atoms with E-state index in [-0.39, 0.29) is 17.6 Å². The predicted molar refractivity (Wildman–Crippen MR) is 168 cm³/mol. The van der Waals surface area contributed by atoms with E-state index in [1.165, 1.54) is 11.3 Å². The topological polar surface area (TPSA) is 124 Å². The summed E-state index contributed by atoms with van der Waals surface area (Å²) in [7, 11) is -3.52. The first-order valence-electron chi connectivity index (χ1n) is 14.5. The summed E-state index contributed by atoms with van der Waals surface area (Å²) in [5.41, 5.74) is 3.73. The number of nitrogens with zero attached hydrogens (tertiary/aromatic N) is 3. The van der Waals surface area contributed by atoms with Gasteiger partial charge < -0.3 is 14.8 Å². The highest BCUT2D eigenvalue weighted by Crippen LogP contribution is 2.42. The van der Waals surface area contributed by atoms with Crippen molar-refractivity contribution in [2.24, 2.45) is 0 Å². The van der Waals surface area contributed by atoms with E-state index in [1.54, 1.807) is 38.2 Å². The quantitative estimate of drug-likeness (QED) is 0.199. The number of carbonyl (C=O) groups is 1. The van der Waals surface area contributed by atoms with Gasteiger partial charge in [-0.1, -0.05) is 6.07 Å². The summed E-state index contributed by atoms with van der Waals surface area (Å²) in [6.45, 7) is 6.30. The van der Waals surface area contributed by atoms with Crippen molar-refractivity contribution >= 4 is 44.5 Å². The van der Waals surface area contributed by atoms with Crippen molar-refractivity contribution in [3.63, 3.8) is 0 Å². The number of rotatable bonds is 9. The van der Waals surface area contributed by atoms with Gasteiger partial charge in [-0.3, -0.25) is 5.32 Å². The Morgan fingerprint density at radius 2 is 1.84 bits per heavy atom. The molecule has 2 aromatic carbocycles. The molecule has 10 nitrogen and oxygen atoms in total. The van der Waals surface area contributed by atoms with Crippen molar-refractivity contribution in [1.29, 1.82) is 0 Å². The molecule has 0 radical (unpaired) electrons. The van der Waals surface area contributed by atoms with Crippen LogP contribution in [0, 0.1) is 6.92 Å². The monoisotopic (exact) mass is 621 g/mol. The maximum Gasteiger partial charge on any atom is 0.411 e.